The summed E-state index contributed by atoms with van der Waals surface area (Å²) in [7, 11) is 5.76. The van der Waals surface area contributed by atoms with Crippen LogP contribution in [0, 0.1) is 5.82 Å². The van der Waals surface area contributed by atoms with Crippen LogP contribution in [0.4, 0.5) is 4.39 Å². The molecule has 0 bridgehead atoms. The molecule has 0 aliphatic carbocycles. The molecule has 1 fully saturated rings. The Balaban J connectivity index is 0.00000363. The van der Waals surface area contributed by atoms with E-state index in [0.29, 0.717) is 13.1 Å². The third-order valence-corrected chi connectivity index (χ3v) is 5.61. The summed E-state index contributed by atoms with van der Waals surface area (Å²) in [6.45, 7) is 5.77. The molecule has 0 aromatic heterocycles. The van der Waals surface area contributed by atoms with Crippen molar-refractivity contribution in [3.63, 3.8) is 0 Å². The van der Waals surface area contributed by atoms with Gasteiger partial charge in [-0.3, -0.25) is 9.89 Å². The number of rotatable bonds is 8. The molecule has 1 unspecified atom stereocenters. The Kier molecular flexibility index (Phi) is 11.4. The quantitative estimate of drug-likeness (QED) is 0.298. The van der Waals surface area contributed by atoms with Crippen molar-refractivity contribution in [1.82, 2.24) is 20.4 Å². The van der Waals surface area contributed by atoms with E-state index in [9.17, 15) is 4.39 Å². The van der Waals surface area contributed by atoms with E-state index in [1.807, 2.05) is 20.2 Å². The number of hydrogen-bond acceptors (Lipinski definition) is 4. The van der Waals surface area contributed by atoms with Crippen molar-refractivity contribution in [3.05, 3.63) is 71.0 Å². The lowest BCUT2D eigenvalue weighted by atomic mass is 10.1. The van der Waals surface area contributed by atoms with E-state index >= 15 is 0 Å². The maximum atomic E-state index is 13.7. The van der Waals surface area contributed by atoms with Crippen molar-refractivity contribution in [1.29, 1.82) is 0 Å². The predicted octanol–water partition coefficient (Wildman–Crippen LogP) is 3.24. The van der Waals surface area contributed by atoms with Crippen LogP contribution in [0.2, 0.25) is 0 Å². The Labute approximate surface area is 208 Å². The first-order valence-electron chi connectivity index (χ1n) is 10.8. The number of benzene rings is 2. The highest BCUT2D eigenvalue weighted by Crippen LogP contribution is 2.18. The molecule has 0 saturated carbocycles. The highest BCUT2D eigenvalue weighted by Gasteiger charge is 2.16. The zero-order valence-electron chi connectivity index (χ0n) is 19.2. The van der Waals surface area contributed by atoms with Gasteiger partial charge in [-0.25, -0.2) is 4.39 Å². The average molecular weight is 555 g/mol. The summed E-state index contributed by atoms with van der Waals surface area (Å²) in [4.78, 5) is 8.87. The fourth-order valence-electron chi connectivity index (χ4n) is 3.79. The fraction of sp³-hybridized carbons (Fsp3) is 0.458. The minimum absolute atomic E-state index is 0. The van der Waals surface area contributed by atoms with Crippen LogP contribution in [0.5, 0.6) is 0 Å². The van der Waals surface area contributed by atoms with Gasteiger partial charge in [0.1, 0.15) is 5.82 Å². The summed E-state index contributed by atoms with van der Waals surface area (Å²) in [6.07, 6.45) is 0. The maximum absolute atomic E-state index is 13.7. The number of nitrogens with zero attached hydrogens (tertiary/aromatic N) is 3. The molecule has 1 saturated heterocycles. The number of likely N-dealkylation sites (N-methyl/N-ethyl adjacent to an activating group) is 1. The molecular formula is C24H35FIN5O. The van der Waals surface area contributed by atoms with Crippen molar-refractivity contribution in [2.45, 2.75) is 19.1 Å². The lowest BCUT2D eigenvalue weighted by Crippen LogP contribution is -2.41. The summed E-state index contributed by atoms with van der Waals surface area (Å²) >= 11 is 0. The number of ether oxygens (including phenoxy) is 1. The third kappa shape index (κ3) is 7.99. The second kappa shape index (κ2) is 13.7. The Morgan fingerprint density at radius 1 is 1.09 bits per heavy atom. The first-order chi connectivity index (χ1) is 15.1. The van der Waals surface area contributed by atoms with Gasteiger partial charge in [-0.15, -0.1) is 24.0 Å². The highest BCUT2D eigenvalue weighted by molar-refractivity contribution is 14.0. The monoisotopic (exact) mass is 555 g/mol. The first-order valence-corrected chi connectivity index (χ1v) is 10.8. The van der Waals surface area contributed by atoms with Crippen LogP contribution < -0.4 is 10.6 Å². The summed E-state index contributed by atoms with van der Waals surface area (Å²) < 4.78 is 19.1. The van der Waals surface area contributed by atoms with E-state index in [1.54, 1.807) is 19.2 Å². The Morgan fingerprint density at radius 3 is 2.47 bits per heavy atom. The van der Waals surface area contributed by atoms with Crippen molar-refractivity contribution in [2.24, 2.45) is 4.99 Å². The van der Waals surface area contributed by atoms with Gasteiger partial charge in [0, 0.05) is 39.8 Å². The van der Waals surface area contributed by atoms with Gasteiger partial charge in [0.2, 0.25) is 0 Å². The van der Waals surface area contributed by atoms with Gasteiger partial charge >= 0.3 is 0 Å². The highest BCUT2D eigenvalue weighted by atomic mass is 127. The van der Waals surface area contributed by atoms with Crippen molar-refractivity contribution >= 4 is 29.9 Å². The van der Waals surface area contributed by atoms with Crippen molar-refractivity contribution in [3.8, 4) is 0 Å². The van der Waals surface area contributed by atoms with Gasteiger partial charge in [0.15, 0.2) is 5.96 Å². The molecule has 32 heavy (non-hydrogen) atoms. The van der Waals surface area contributed by atoms with Gasteiger partial charge in [-0.05, 0) is 42.9 Å². The van der Waals surface area contributed by atoms with Crippen LogP contribution in [0.15, 0.2) is 53.5 Å². The Hall–Kier alpha value is -1.75. The van der Waals surface area contributed by atoms with Crippen LogP contribution in [0.25, 0.3) is 0 Å². The smallest absolute Gasteiger partial charge is 0.191 e. The minimum Gasteiger partial charge on any atom is -0.379 e. The lowest BCUT2D eigenvalue weighted by Gasteiger charge is -2.28. The molecule has 0 radical (unpaired) electrons. The SMILES string of the molecule is CN=C(NCc1ccccc1CN1CCOCC1)NCC(c1cccc(F)c1)N(C)C.I. The maximum Gasteiger partial charge on any atom is 0.191 e. The van der Waals surface area contributed by atoms with Gasteiger partial charge in [0.25, 0.3) is 0 Å². The third-order valence-electron chi connectivity index (χ3n) is 5.61. The molecule has 176 valence electrons. The second-order valence-corrected chi connectivity index (χ2v) is 8.00. The van der Waals surface area contributed by atoms with Gasteiger partial charge in [-0.1, -0.05) is 36.4 Å². The summed E-state index contributed by atoms with van der Waals surface area (Å²) in [5.74, 6) is 0.508. The van der Waals surface area contributed by atoms with E-state index in [1.165, 1.54) is 17.2 Å². The summed E-state index contributed by atoms with van der Waals surface area (Å²) in [5, 5.41) is 6.81. The fourth-order valence-corrected chi connectivity index (χ4v) is 3.79. The number of guanidine groups is 1. The molecule has 1 aliphatic heterocycles. The van der Waals surface area contributed by atoms with Crippen LogP contribution in [-0.2, 0) is 17.8 Å². The van der Waals surface area contributed by atoms with Gasteiger partial charge < -0.3 is 20.3 Å². The normalized spacial score (nSPS) is 15.8. The topological polar surface area (TPSA) is 52.1 Å². The zero-order chi connectivity index (χ0) is 22.1. The minimum atomic E-state index is -0.219. The molecule has 2 N–H and O–H groups in total. The largest absolute Gasteiger partial charge is 0.379 e. The number of morpholine rings is 1. The van der Waals surface area contributed by atoms with Crippen LogP contribution in [-0.4, -0.2) is 69.8 Å². The first kappa shape index (κ1) is 26.5. The van der Waals surface area contributed by atoms with E-state index in [4.69, 9.17) is 4.74 Å². The van der Waals surface area contributed by atoms with E-state index in [0.717, 1.165) is 44.4 Å². The predicted molar refractivity (Wildman–Crippen MR) is 139 cm³/mol. The lowest BCUT2D eigenvalue weighted by molar-refractivity contribution is 0.0341. The standard InChI is InChI=1S/C24H34FN5O.HI/c1-26-24(28-17-23(29(2)3)19-9-6-10-22(25)15-19)27-16-20-7-4-5-8-21(20)18-30-11-13-31-14-12-30;/h4-10,15,23H,11-14,16-18H2,1-3H3,(H2,26,27,28);1H. The Morgan fingerprint density at radius 2 is 1.81 bits per heavy atom. The Bertz CT molecular complexity index is 858. The van der Waals surface area contributed by atoms with E-state index in [-0.39, 0.29) is 35.8 Å². The van der Waals surface area contributed by atoms with Crippen LogP contribution >= 0.6 is 24.0 Å². The number of hydrogen-bond donors (Lipinski definition) is 2. The molecule has 2 aromatic carbocycles. The molecule has 2 aromatic rings. The number of halogens is 2. The molecule has 1 aliphatic rings. The molecule has 0 amide bonds. The molecule has 0 spiro atoms. The number of nitrogens with one attached hydrogen (secondary N) is 2. The molecule has 6 nitrogen and oxygen atoms in total. The van der Waals surface area contributed by atoms with Gasteiger partial charge in [0.05, 0.1) is 19.3 Å². The van der Waals surface area contributed by atoms with Crippen molar-refractivity contribution < 1.29 is 9.13 Å². The summed E-state index contributed by atoms with van der Waals surface area (Å²) in [5.41, 5.74) is 3.51. The van der Waals surface area contributed by atoms with Crippen LogP contribution in [0.1, 0.15) is 22.7 Å². The second-order valence-electron chi connectivity index (χ2n) is 8.00. The molecule has 1 atom stereocenters. The van der Waals surface area contributed by atoms with Crippen LogP contribution in [0.3, 0.4) is 0 Å². The molecular weight excluding hydrogens is 520 g/mol. The van der Waals surface area contributed by atoms with E-state index < -0.39 is 0 Å². The molecule has 1 heterocycles. The zero-order valence-corrected chi connectivity index (χ0v) is 21.5. The van der Waals surface area contributed by atoms with Crippen molar-refractivity contribution in [2.75, 3.05) is 54.0 Å². The molecule has 3 rings (SSSR count). The number of aliphatic imine (C=N–C) groups is 1. The molecule has 8 heteroatoms. The van der Waals surface area contributed by atoms with E-state index in [2.05, 4.69) is 49.7 Å². The average Bonchev–Trinajstić information content (AvgIpc) is 2.77. The summed E-state index contributed by atoms with van der Waals surface area (Å²) in [6, 6.07) is 15.3. The van der Waals surface area contributed by atoms with Gasteiger partial charge in [-0.2, -0.15) is 0 Å².